The van der Waals surface area contributed by atoms with Gasteiger partial charge in [0.15, 0.2) is 0 Å². The molecule has 0 N–H and O–H groups in total. The number of thioether (sulfide) groups is 1. The Hall–Kier alpha value is -1.82. The first kappa shape index (κ1) is 16.1. The van der Waals surface area contributed by atoms with E-state index in [0.717, 1.165) is 37.4 Å². The van der Waals surface area contributed by atoms with Gasteiger partial charge in [0.25, 0.3) is 0 Å². The van der Waals surface area contributed by atoms with Gasteiger partial charge in [-0.25, -0.2) is 0 Å². The fourth-order valence-electron chi connectivity index (χ4n) is 2.89. The highest BCUT2D eigenvalue weighted by molar-refractivity contribution is 7.98. The Balaban J connectivity index is 1.35. The van der Waals surface area contributed by atoms with Crippen LogP contribution < -0.4 is 0 Å². The van der Waals surface area contributed by atoms with Crippen LogP contribution in [0.3, 0.4) is 0 Å². The van der Waals surface area contributed by atoms with Crippen LogP contribution in [0.25, 0.3) is 0 Å². The second kappa shape index (κ2) is 8.15. The molecule has 1 amide bonds. The lowest BCUT2D eigenvalue weighted by atomic mass is 10.0. The maximum absolute atomic E-state index is 12.3. The van der Waals surface area contributed by atoms with E-state index in [2.05, 4.69) is 39.0 Å². The number of amides is 1. The van der Waals surface area contributed by atoms with Crippen molar-refractivity contribution in [1.82, 2.24) is 19.7 Å². The Kier molecular flexibility index (Phi) is 5.69. The number of aromatic nitrogens is 3. The van der Waals surface area contributed by atoms with Gasteiger partial charge >= 0.3 is 0 Å². The highest BCUT2D eigenvalue weighted by Gasteiger charge is 2.23. The minimum atomic E-state index is 0.285. The van der Waals surface area contributed by atoms with Gasteiger partial charge in [-0.15, -0.1) is 10.2 Å². The zero-order valence-electron chi connectivity index (χ0n) is 13.2. The topological polar surface area (TPSA) is 51.0 Å². The highest BCUT2D eigenvalue weighted by Crippen LogP contribution is 2.22. The number of likely N-dealkylation sites (tertiary alicyclic amines) is 1. The average Bonchev–Trinajstić information content (AvgIpc) is 3.14. The third-order valence-electron chi connectivity index (χ3n) is 4.25. The van der Waals surface area contributed by atoms with E-state index in [1.54, 1.807) is 12.7 Å². The molecule has 1 fully saturated rings. The molecule has 23 heavy (non-hydrogen) atoms. The van der Waals surface area contributed by atoms with Crippen LogP contribution in [0.2, 0.25) is 0 Å². The maximum atomic E-state index is 12.3. The Morgan fingerprint density at radius 3 is 2.52 bits per heavy atom. The maximum Gasteiger partial charge on any atom is 0.223 e. The molecule has 1 aromatic heterocycles. The lowest BCUT2D eigenvalue weighted by Gasteiger charge is -2.32. The summed E-state index contributed by atoms with van der Waals surface area (Å²) in [7, 11) is 0. The molecule has 0 unspecified atom stereocenters. The summed E-state index contributed by atoms with van der Waals surface area (Å²) in [4.78, 5) is 14.3. The molecule has 122 valence electrons. The molecule has 1 aliphatic rings. The van der Waals surface area contributed by atoms with E-state index in [1.165, 1.54) is 5.56 Å². The summed E-state index contributed by atoms with van der Waals surface area (Å²) in [5.74, 6) is 2.15. The number of nitrogens with zero attached hydrogens (tertiary/aromatic N) is 4. The number of carbonyl (C=O) groups excluding carboxylic acids is 1. The van der Waals surface area contributed by atoms with Gasteiger partial charge in [-0.3, -0.25) is 4.79 Å². The number of carbonyl (C=O) groups is 1. The van der Waals surface area contributed by atoms with Crippen LogP contribution in [-0.2, 0) is 10.5 Å². The van der Waals surface area contributed by atoms with Crippen molar-refractivity contribution < 1.29 is 4.79 Å². The van der Waals surface area contributed by atoms with Crippen LogP contribution in [0.1, 0.15) is 30.9 Å². The molecule has 2 heterocycles. The quantitative estimate of drug-likeness (QED) is 0.764. The Morgan fingerprint density at radius 2 is 1.83 bits per heavy atom. The third-order valence-corrected chi connectivity index (χ3v) is 5.28. The second-order valence-corrected chi connectivity index (χ2v) is 6.91. The Bertz CT molecular complexity index is 594. The van der Waals surface area contributed by atoms with Gasteiger partial charge in [-0.05, 0) is 18.4 Å². The molecule has 1 aromatic carbocycles. The van der Waals surface area contributed by atoms with Gasteiger partial charge in [0.05, 0.1) is 0 Å². The SMILES string of the molecule is O=C(CCSCc1ccccc1)N1CCC(n2cnnc2)CC1. The first-order valence-electron chi connectivity index (χ1n) is 8.06. The van der Waals surface area contributed by atoms with Crippen molar-refractivity contribution in [2.45, 2.75) is 31.1 Å². The van der Waals surface area contributed by atoms with Crippen LogP contribution in [0.15, 0.2) is 43.0 Å². The number of hydrogen-bond donors (Lipinski definition) is 0. The van der Waals surface area contributed by atoms with Gasteiger partial charge < -0.3 is 9.47 Å². The van der Waals surface area contributed by atoms with E-state index in [-0.39, 0.29) is 5.91 Å². The monoisotopic (exact) mass is 330 g/mol. The molecule has 0 atom stereocenters. The largest absolute Gasteiger partial charge is 0.343 e. The predicted molar refractivity (Wildman–Crippen MR) is 92.1 cm³/mol. The number of hydrogen-bond acceptors (Lipinski definition) is 4. The highest BCUT2D eigenvalue weighted by atomic mass is 32.2. The Morgan fingerprint density at radius 1 is 1.13 bits per heavy atom. The van der Waals surface area contributed by atoms with Crippen LogP contribution in [0.5, 0.6) is 0 Å². The van der Waals surface area contributed by atoms with Crippen LogP contribution in [0, 0.1) is 0 Å². The predicted octanol–water partition coefficient (Wildman–Crippen LogP) is 2.77. The van der Waals surface area contributed by atoms with Crippen LogP contribution >= 0.6 is 11.8 Å². The lowest BCUT2D eigenvalue weighted by Crippen LogP contribution is -2.39. The molecule has 2 aromatic rings. The second-order valence-electron chi connectivity index (χ2n) is 5.81. The fraction of sp³-hybridized carbons (Fsp3) is 0.471. The van der Waals surface area contributed by atoms with E-state index in [1.807, 2.05) is 22.7 Å². The first-order valence-corrected chi connectivity index (χ1v) is 9.22. The molecular weight excluding hydrogens is 308 g/mol. The molecule has 0 spiro atoms. The minimum Gasteiger partial charge on any atom is -0.343 e. The van der Waals surface area contributed by atoms with Gasteiger partial charge in [0.1, 0.15) is 12.7 Å². The zero-order valence-corrected chi connectivity index (χ0v) is 14.0. The molecule has 0 aliphatic carbocycles. The molecule has 5 nitrogen and oxygen atoms in total. The van der Waals surface area contributed by atoms with Crippen molar-refractivity contribution in [2.24, 2.45) is 0 Å². The minimum absolute atomic E-state index is 0.285. The van der Waals surface area contributed by atoms with Gasteiger partial charge in [0, 0.05) is 37.1 Å². The summed E-state index contributed by atoms with van der Waals surface area (Å²) in [6, 6.07) is 10.8. The number of rotatable bonds is 6. The van der Waals surface area contributed by atoms with Crippen LogP contribution in [-0.4, -0.2) is 44.4 Å². The molecule has 0 bridgehead atoms. The van der Waals surface area contributed by atoms with Crippen molar-refractivity contribution in [2.75, 3.05) is 18.8 Å². The molecule has 3 rings (SSSR count). The van der Waals surface area contributed by atoms with Gasteiger partial charge in [-0.1, -0.05) is 30.3 Å². The molecule has 0 radical (unpaired) electrons. The van der Waals surface area contributed by atoms with Crippen molar-refractivity contribution in [1.29, 1.82) is 0 Å². The van der Waals surface area contributed by atoms with Crippen molar-refractivity contribution in [3.63, 3.8) is 0 Å². The molecule has 6 heteroatoms. The fourth-order valence-corrected chi connectivity index (χ4v) is 3.78. The summed E-state index contributed by atoms with van der Waals surface area (Å²) in [5.41, 5.74) is 1.32. The zero-order chi connectivity index (χ0) is 15.9. The van der Waals surface area contributed by atoms with E-state index in [0.29, 0.717) is 12.5 Å². The van der Waals surface area contributed by atoms with Gasteiger partial charge in [0.2, 0.25) is 5.91 Å². The van der Waals surface area contributed by atoms with E-state index >= 15 is 0 Å². The Labute approximate surface area is 141 Å². The van der Waals surface area contributed by atoms with Crippen LogP contribution in [0.4, 0.5) is 0 Å². The molecule has 0 saturated carbocycles. The van der Waals surface area contributed by atoms with E-state index in [4.69, 9.17) is 0 Å². The summed E-state index contributed by atoms with van der Waals surface area (Å²) < 4.78 is 2.05. The smallest absolute Gasteiger partial charge is 0.223 e. The molecular formula is C17H22N4OS. The van der Waals surface area contributed by atoms with Gasteiger partial charge in [-0.2, -0.15) is 11.8 Å². The summed E-state index contributed by atoms with van der Waals surface area (Å²) in [6.45, 7) is 1.68. The lowest BCUT2D eigenvalue weighted by molar-refractivity contribution is -0.132. The molecule has 1 saturated heterocycles. The number of benzene rings is 1. The molecule has 1 aliphatic heterocycles. The summed E-state index contributed by atoms with van der Waals surface area (Å²) >= 11 is 1.83. The summed E-state index contributed by atoms with van der Waals surface area (Å²) in [5, 5.41) is 7.71. The standard InChI is InChI=1S/C17H22N4OS/c22-17(8-11-23-12-15-4-2-1-3-5-15)20-9-6-16(7-10-20)21-13-18-19-14-21/h1-5,13-14,16H,6-12H2. The van der Waals surface area contributed by atoms with Crippen molar-refractivity contribution in [3.05, 3.63) is 48.5 Å². The average molecular weight is 330 g/mol. The van der Waals surface area contributed by atoms with Crippen molar-refractivity contribution in [3.8, 4) is 0 Å². The van der Waals surface area contributed by atoms with E-state index in [9.17, 15) is 4.79 Å². The summed E-state index contributed by atoms with van der Waals surface area (Å²) in [6.07, 6.45) is 6.14. The first-order chi connectivity index (χ1) is 11.3. The number of piperidine rings is 1. The third kappa shape index (κ3) is 4.58. The van der Waals surface area contributed by atoms with E-state index < -0.39 is 0 Å². The van der Waals surface area contributed by atoms with Crippen molar-refractivity contribution >= 4 is 17.7 Å². The normalized spacial score (nSPS) is 15.7.